The van der Waals surface area contributed by atoms with Gasteiger partial charge in [0.25, 0.3) is 0 Å². The first-order valence-electron chi connectivity index (χ1n) is 10.3. The van der Waals surface area contributed by atoms with Crippen LogP contribution in [0.25, 0.3) is 0 Å². The van der Waals surface area contributed by atoms with Crippen molar-refractivity contribution >= 4 is 11.6 Å². The van der Waals surface area contributed by atoms with Crippen LogP contribution in [0.5, 0.6) is 0 Å². The third-order valence-electron chi connectivity index (χ3n) is 5.79. The van der Waals surface area contributed by atoms with Gasteiger partial charge in [0, 0.05) is 25.3 Å². The van der Waals surface area contributed by atoms with Crippen molar-refractivity contribution in [3.63, 3.8) is 0 Å². The van der Waals surface area contributed by atoms with Gasteiger partial charge in [-0.2, -0.15) is 0 Å². The number of rotatable bonds is 5. The van der Waals surface area contributed by atoms with Gasteiger partial charge in [-0.15, -0.1) is 0 Å². The maximum Gasteiger partial charge on any atom is 0.193 e. The fourth-order valence-corrected chi connectivity index (χ4v) is 4.10. The van der Waals surface area contributed by atoms with Gasteiger partial charge in [0.05, 0.1) is 12.6 Å². The Bertz CT molecular complexity index is 823. The SMILES string of the molecule is NC(=NCc1ccc(CN2CCC(O)CC2)cc1)Nc1ccc2c(c1)CCC2. The number of hydrogen-bond donors (Lipinski definition) is 3. The fourth-order valence-electron chi connectivity index (χ4n) is 4.10. The second-order valence-electron chi connectivity index (χ2n) is 7.99. The first kappa shape index (κ1) is 19.0. The number of piperidine rings is 1. The number of aliphatic hydroxyl groups is 1. The van der Waals surface area contributed by atoms with Crippen molar-refractivity contribution in [2.24, 2.45) is 10.7 Å². The van der Waals surface area contributed by atoms with Crippen molar-refractivity contribution in [2.75, 3.05) is 18.4 Å². The molecule has 5 heteroatoms. The standard InChI is InChI=1S/C23H30N4O/c24-23(26-21-9-8-19-2-1-3-20(19)14-21)25-15-17-4-6-18(7-5-17)16-27-12-10-22(28)11-13-27/h4-9,14,22,28H,1-3,10-13,15-16H2,(H3,24,25,26). The molecule has 0 unspecified atom stereocenters. The van der Waals surface area contributed by atoms with Gasteiger partial charge in [0.15, 0.2) is 5.96 Å². The first-order valence-corrected chi connectivity index (χ1v) is 10.3. The Morgan fingerprint density at radius 1 is 1.04 bits per heavy atom. The Balaban J connectivity index is 1.29. The summed E-state index contributed by atoms with van der Waals surface area (Å²) in [6.07, 6.45) is 5.23. The molecule has 1 fully saturated rings. The molecule has 1 aliphatic carbocycles. The van der Waals surface area contributed by atoms with E-state index in [2.05, 4.69) is 57.7 Å². The monoisotopic (exact) mass is 378 g/mol. The van der Waals surface area contributed by atoms with Crippen LogP contribution in [-0.2, 0) is 25.9 Å². The van der Waals surface area contributed by atoms with Gasteiger partial charge in [0.2, 0.25) is 0 Å². The highest BCUT2D eigenvalue weighted by molar-refractivity contribution is 5.92. The van der Waals surface area contributed by atoms with Crippen LogP contribution >= 0.6 is 0 Å². The predicted octanol–water partition coefficient (Wildman–Crippen LogP) is 3.06. The van der Waals surface area contributed by atoms with Crippen molar-refractivity contribution in [3.8, 4) is 0 Å². The summed E-state index contributed by atoms with van der Waals surface area (Å²) in [5.74, 6) is 0.453. The molecule has 0 bridgehead atoms. The number of anilines is 1. The number of nitrogens with one attached hydrogen (secondary N) is 1. The molecule has 1 heterocycles. The summed E-state index contributed by atoms with van der Waals surface area (Å²) in [5.41, 5.74) is 12.4. The molecule has 5 nitrogen and oxygen atoms in total. The number of nitrogens with two attached hydrogens (primary N) is 1. The molecule has 0 amide bonds. The molecule has 2 aliphatic rings. The average Bonchev–Trinajstić information content (AvgIpc) is 3.17. The maximum atomic E-state index is 9.61. The van der Waals surface area contributed by atoms with Gasteiger partial charge in [-0.1, -0.05) is 30.3 Å². The van der Waals surface area contributed by atoms with E-state index in [4.69, 9.17) is 5.73 Å². The average molecular weight is 379 g/mol. The van der Waals surface area contributed by atoms with Gasteiger partial charge in [0.1, 0.15) is 0 Å². The zero-order valence-corrected chi connectivity index (χ0v) is 16.4. The Labute approximate surface area is 167 Å². The van der Waals surface area contributed by atoms with E-state index in [9.17, 15) is 5.11 Å². The van der Waals surface area contributed by atoms with E-state index >= 15 is 0 Å². The van der Waals surface area contributed by atoms with E-state index in [-0.39, 0.29) is 6.10 Å². The van der Waals surface area contributed by atoms with Crippen molar-refractivity contribution in [3.05, 3.63) is 64.7 Å². The second kappa shape index (κ2) is 8.76. The van der Waals surface area contributed by atoms with Crippen molar-refractivity contribution in [2.45, 2.75) is 51.3 Å². The summed E-state index contributed by atoms with van der Waals surface area (Å²) < 4.78 is 0. The summed E-state index contributed by atoms with van der Waals surface area (Å²) >= 11 is 0. The summed E-state index contributed by atoms with van der Waals surface area (Å²) in [6.45, 7) is 3.45. The number of likely N-dealkylation sites (tertiary alicyclic amines) is 1. The fraction of sp³-hybridized carbons (Fsp3) is 0.435. The summed E-state index contributed by atoms with van der Waals surface area (Å²) in [7, 11) is 0. The van der Waals surface area contributed by atoms with Crippen molar-refractivity contribution in [1.82, 2.24) is 4.90 Å². The van der Waals surface area contributed by atoms with E-state index < -0.39 is 0 Å². The topological polar surface area (TPSA) is 73.9 Å². The lowest BCUT2D eigenvalue weighted by atomic mass is 10.1. The molecule has 28 heavy (non-hydrogen) atoms. The third kappa shape index (κ3) is 4.91. The van der Waals surface area contributed by atoms with E-state index in [1.807, 2.05) is 0 Å². The van der Waals surface area contributed by atoms with Crippen LogP contribution in [-0.4, -0.2) is 35.2 Å². The number of benzene rings is 2. The normalized spacial score (nSPS) is 18.2. The molecule has 4 N–H and O–H groups in total. The third-order valence-corrected chi connectivity index (χ3v) is 5.79. The maximum absolute atomic E-state index is 9.61. The molecule has 148 valence electrons. The molecule has 1 saturated heterocycles. The van der Waals surface area contributed by atoms with E-state index in [0.717, 1.165) is 50.1 Å². The summed E-state index contributed by atoms with van der Waals surface area (Å²) in [4.78, 5) is 6.88. The number of fused-ring (bicyclic) bond motifs is 1. The largest absolute Gasteiger partial charge is 0.393 e. The molecule has 1 aliphatic heterocycles. The van der Waals surface area contributed by atoms with Crippen molar-refractivity contribution < 1.29 is 5.11 Å². The van der Waals surface area contributed by atoms with Gasteiger partial charge in [-0.05, 0) is 66.5 Å². The molecule has 0 spiro atoms. The highest BCUT2D eigenvalue weighted by Crippen LogP contribution is 2.24. The lowest BCUT2D eigenvalue weighted by molar-refractivity contribution is 0.0792. The minimum Gasteiger partial charge on any atom is -0.393 e. The number of guanidine groups is 1. The summed E-state index contributed by atoms with van der Waals surface area (Å²) in [5, 5.41) is 12.8. The Hall–Kier alpha value is -2.37. The lowest BCUT2D eigenvalue weighted by Gasteiger charge is -2.29. The minimum absolute atomic E-state index is 0.118. The smallest absolute Gasteiger partial charge is 0.193 e. The van der Waals surface area contributed by atoms with Gasteiger partial charge in [-0.3, -0.25) is 4.90 Å². The predicted molar refractivity (Wildman–Crippen MR) is 114 cm³/mol. The first-order chi connectivity index (χ1) is 13.7. The zero-order valence-electron chi connectivity index (χ0n) is 16.4. The highest BCUT2D eigenvalue weighted by atomic mass is 16.3. The number of hydrogen-bond acceptors (Lipinski definition) is 3. The second-order valence-corrected chi connectivity index (χ2v) is 7.99. The molecule has 0 saturated carbocycles. The molecule has 2 aromatic carbocycles. The van der Waals surface area contributed by atoms with Crippen molar-refractivity contribution in [1.29, 1.82) is 0 Å². The Morgan fingerprint density at radius 2 is 1.75 bits per heavy atom. The molecule has 2 aromatic rings. The number of aliphatic imine (C=N–C) groups is 1. The van der Waals surface area contributed by atoms with E-state index in [0.29, 0.717) is 12.5 Å². The van der Waals surface area contributed by atoms with Gasteiger partial charge in [-0.25, -0.2) is 4.99 Å². The Kier molecular flexibility index (Phi) is 5.93. The van der Waals surface area contributed by atoms with E-state index in [1.54, 1.807) is 0 Å². The van der Waals surface area contributed by atoms with Crippen LogP contribution in [0.15, 0.2) is 47.5 Å². The van der Waals surface area contributed by atoms with Crippen LogP contribution in [0.1, 0.15) is 41.5 Å². The summed E-state index contributed by atoms with van der Waals surface area (Å²) in [6, 6.07) is 15.1. The lowest BCUT2D eigenvalue weighted by Crippen LogP contribution is -2.35. The zero-order chi connectivity index (χ0) is 19.3. The number of aryl methyl sites for hydroxylation is 2. The number of nitrogens with zero attached hydrogens (tertiary/aromatic N) is 2. The van der Waals surface area contributed by atoms with Crippen LogP contribution in [0.2, 0.25) is 0 Å². The van der Waals surface area contributed by atoms with Crippen LogP contribution < -0.4 is 11.1 Å². The number of aliphatic hydroxyl groups excluding tert-OH is 1. The van der Waals surface area contributed by atoms with Gasteiger partial charge < -0.3 is 16.2 Å². The molecule has 0 atom stereocenters. The van der Waals surface area contributed by atoms with Gasteiger partial charge >= 0.3 is 0 Å². The quantitative estimate of drug-likeness (QED) is 0.552. The molecule has 4 rings (SSSR count). The minimum atomic E-state index is -0.118. The molecular formula is C23H30N4O. The van der Waals surface area contributed by atoms with Crippen LogP contribution in [0, 0.1) is 0 Å². The van der Waals surface area contributed by atoms with Crippen LogP contribution in [0.3, 0.4) is 0 Å². The molecule has 0 aromatic heterocycles. The molecule has 0 radical (unpaired) electrons. The molecular weight excluding hydrogens is 348 g/mol. The Morgan fingerprint density at radius 3 is 2.54 bits per heavy atom. The van der Waals surface area contributed by atoms with Crippen LogP contribution in [0.4, 0.5) is 5.69 Å². The van der Waals surface area contributed by atoms with E-state index in [1.165, 1.54) is 29.5 Å². The highest BCUT2D eigenvalue weighted by Gasteiger charge is 2.16.